The van der Waals surface area contributed by atoms with Gasteiger partial charge in [-0.3, -0.25) is 4.79 Å². The highest BCUT2D eigenvalue weighted by Gasteiger charge is 2.17. The number of hydrogen-bond acceptors (Lipinski definition) is 4. The first-order valence-electron chi connectivity index (χ1n) is 8.72. The van der Waals surface area contributed by atoms with E-state index >= 15 is 0 Å². The van der Waals surface area contributed by atoms with Gasteiger partial charge in [-0.05, 0) is 56.2 Å². The van der Waals surface area contributed by atoms with E-state index in [0.717, 1.165) is 22.5 Å². The van der Waals surface area contributed by atoms with Gasteiger partial charge in [-0.1, -0.05) is 29.8 Å². The second kappa shape index (κ2) is 8.18. The fourth-order valence-corrected chi connectivity index (χ4v) is 2.94. The van der Waals surface area contributed by atoms with E-state index in [4.69, 9.17) is 11.6 Å². The maximum Gasteiger partial charge on any atom is 0.261 e. The van der Waals surface area contributed by atoms with Crippen LogP contribution in [0.15, 0.2) is 54.9 Å². The summed E-state index contributed by atoms with van der Waals surface area (Å²) in [5.41, 5.74) is 4.15. The third-order valence-corrected chi connectivity index (χ3v) is 4.70. The molecule has 0 atom stereocenters. The first kappa shape index (κ1) is 18.9. The van der Waals surface area contributed by atoms with Crippen LogP contribution in [-0.4, -0.2) is 22.4 Å². The van der Waals surface area contributed by atoms with Crippen LogP contribution in [0.25, 0.3) is 0 Å². The molecule has 0 bridgehead atoms. The number of nitrogens with zero attached hydrogens (tertiary/aromatic N) is 3. The van der Waals surface area contributed by atoms with Gasteiger partial charge in [0.1, 0.15) is 0 Å². The predicted molar refractivity (Wildman–Crippen MR) is 110 cm³/mol. The van der Waals surface area contributed by atoms with Crippen molar-refractivity contribution < 1.29 is 4.79 Å². The van der Waals surface area contributed by atoms with E-state index in [-0.39, 0.29) is 5.91 Å². The summed E-state index contributed by atoms with van der Waals surface area (Å²) in [4.78, 5) is 23.1. The number of benzene rings is 2. The Morgan fingerprint density at radius 3 is 2.48 bits per heavy atom. The van der Waals surface area contributed by atoms with Gasteiger partial charge >= 0.3 is 0 Å². The van der Waals surface area contributed by atoms with Crippen molar-refractivity contribution in [2.45, 2.75) is 20.8 Å². The molecule has 0 aliphatic heterocycles. The third-order valence-electron chi connectivity index (χ3n) is 4.29. The molecule has 5 nitrogen and oxygen atoms in total. The quantitative estimate of drug-likeness (QED) is 0.664. The normalized spacial score (nSPS) is 10.5. The molecule has 3 rings (SSSR count). The number of amides is 1. The number of nitrogens with one attached hydrogen (secondary N) is 1. The van der Waals surface area contributed by atoms with Crippen LogP contribution in [0.4, 0.5) is 17.3 Å². The van der Waals surface area contributed by atoms with Crippen molar-refractivity contribution in [2.24, 2.45) is 0 Å². The molecule has 0 aliphatic rings. The zero-order valence-corrected chi connectivity index (χ0v) is 16.3. The van der Waals surface area contributed by atoms with E-state index in [1.807, 2.05) is 63.2 Å². The molecule has 0 aliphatic carbocycles. The van der Waals surface area contributed by atoms with Gasteiger partial charge < -0.3 is 10.2 Å². The van der Waals surface area contributed by atoms with Crippen LogP contribution >= 0.6 is 11.6 Å². The van der Waals surface area contributed by atoms with Gasteiger partial charge in [0, 0.05) is 35.3 Å². The van der Waals surface area contributed by atoms with E-state index in [1.165, 1.54) is 12.4 Å². The lowest BCUT2D eigenvalue weighted by Crippen LogP contribution is -2.30. The van der Waals surface area contributed by atoms with Crippen LogP contribution < -0.4 is 10.2 Å². The Balaban J connectivity index is 1.79. The molecule has 3 aromatic rings. The van der Waals surface area contributed by atoms with Crippen LogP contribution in [0.5, 0.6) is 0 Å². The number of aryl methyl sites for hydroxylation is 1. The molecule has 1 amide bonds. The maximum atomic E-state index is 12.9. The summed E-state index contributed by atoms with van der Waals surface area (Å²) in [5.74, 6) is 0.282. The number of rotatable bonds is 5. The lowest BCUT2D eigenvalue weighted by Gasteiger charge is -2.21. The molecule has 1 aromatic heterocycles. The summed E-state index contributed by atoms with van der Waals surface area (Å²) in [5, 5.41) is 3.80. The van der Waals surface area contributed by atoms with Gasteiger partial charge in [-0.25, -0.2) is 9.97 Å². The summed E-state index contributed by atoms with van der Waals surface area (Å²) in [6.45, 7) is 6.43. The second-order valence-corrected chi connectivity index (χ2v) is 6.63. The van der Waals surface area contributed by atoms with Gasteiger partial charge in [-0.15, -0.1) is 0 Å². The number of carbonyl (C=O) groups excluding carboxylic acids is 1. The molecule has 0 fully saturated rings. The highest BCUT2D eigenvalue weighted by Crippen LogP contribution is 2.25. The second-order valence-electron chi connectivity index (χ2n) is 6.22. The van der Waals surface area contributed by atoms with E-state index < -0.39 is 0 Å². The maximum absolute atomic E-state index is 12.9. The number of hydrogen-bond donors (Lipinski definition) is 1. The minimum absolute atomic E-state index is 0.131. The fourth-order valence-electron chi connectivity index (χ4n) is 2.76. The zero-order valence-electron chi connectivity index (χ0n) is 15.5. The zero-order chi connectivity index (χ0) is 19.4. The Hall–Kier alpha value is -2.92. The average Bonchev–Trinajstić information content (AvgIpc) is 2.67. The Kier molecular flexibility index (Phi) is 5.72. The smallest absolute Gasteiger partial charge is 0.261 e. The van der Waals surface area contributed by atoms with Crippen molar-refractivity contribution in [3.63, 3.8) is 0 Å². The Morgan fingerprint density at radius 2 is 1.81 bits per heavy atom. The highest BCUT2D eigenvalue weighted by molar-refractivity contribution is 6.31. The largest absolute Gasteiger partial charge is 0.324 e. The van der Waals surface area contributed by atoms with Gasteiger partial charge in [0.25, 0.3) is 5.91 Å². The molecular formula is C21H21ClN4O. The van der Waals surface area contributed by atoms with E-state index in [9.17, 15) is 4.79 Å². The average molecular weight is 381 g/mol. The molecule has 0 spiro atoms. The van der Waals surface area contributed by atoms with Crippen LogP contribution in [-0.2, 0) is 0 Å². The molecule has 1 N–H and O–H groups in total. The topological polar surface area (TPSA) is 58.1 Å². The van der Waals surface area contributed by atoms with E-state index in [1.54, 1.807) is 4.90 Å². The summed E-state index contributed by atoms with van der Waals surface area (Å²) in [7, 11) is 0. The van der Waals surface area contributed by atoms with Crippen molar-refractivity contribution in [3.05, 3.63) is 76.6 Å². The van der Waals surface area contributed by atoms with Crippen molar-refractivity contribution in [1.29, 1.82) is 0 Å². The Bertz CT molecular complexity index is 957. The molecule has 138 valence electrons. The number of aromatic nitrogens is 2. The highest BCUT2D eigenvalue weighted by atomic mass is 35.5. The first-order chi connectivity index (χ1) is 13.0. The number of carbonyl (C=O) groups is 1. The van der Waals surface area contributed by atoms with Gasteiger partial charge in [0.05, 0.1) is 5.56 Å². The standard InChI is InChI=1S/C21H21ClN4O/c1-4-26(17-8-5-7-14(2)11-17)20(27)16-12-23-21(24-13-16)25-19-10-6-9-18(22)15(19)3/h5-13H,4H2,1-3H3,(H,23,24,25). The lowest BCUT2D eigenvalue weighted by atomic mass is 10.2. The summed E-state index contributed by atoms with van der Waals surface area (Å²) < 4.78 is 0. The van der Waals surface area contributed by atoms with Crippen LogP contribution in [0.2, 0.25) is 5.02 Å². The number of halogens is 1. The van der Waals surface area contributed by atoms with Crippen molar-refractivity contribution in [3.8, 4) is 0 Å². The van der Waals surface area contributed by atoms with E-state index in [2.05, 4.69) is 15.3 Å². The molecule has 0 saturated carbocycles. The fraction of sp³-hybridized carbons (Fsp3) is 0.190. The SMILES string of the molecule is CCN(C(=O)c1cnc(Nc2cccc(Cl)c2C)nc1)c1cccc(C)c1. The molecule has 0 unspecified atom stereocenters. The van der Waals surface area contributed by atoms with Crippen molar-refractivity contribution >= 4 is 34.8 Å². The van der Waals surface area contributed by atoms with Crippen molar-refractivity contribution in [2.75, 3.05) is 16.8 Å². The molecule has 6 heteroatoms. The molecule has 2 aromatic carbocycles. The van der Waals surface area contributed by atoms with Gasteiger partial charge in [0.2, 0.25) is 5.95 Å². The van der Waals surface area contributed by atoms with Crippen LogP contribution in [0.3, 0.4) is 0 Å². The minimum atomic E-state index is -0.131. The molecule has 1 heterocycles. The Labute approximate surface area is 164 Å². The number of anilines is 3. The molecular weight excluding hydrogens is 360 g/mol. The predicted octanol–water partition coefficient (Wildman–Crippen LogP) is 5.16. The summed E-state index contributed by atoms with van der Waals surface area (Å²) in [6.07, 6.45) is 3.08. The van der Waals surface area contributed by atoms with Crippen molar-refractivity contribution in [1.82, 2.24) is 9.97 Å². The molecule has 27 heavy (non-hydrogen) atoms. The lowest BCUT2D eigenvalue weighted by molar-refractivity contribution is 0.0987. The van der Waals surface area contributed by atoms with E-state index in [0.29, 0.717) is 23.1 Å². The van der Waals surface area contributed by atoms with Gasteiger partial charge in [-0.2, -0.15) is 0 Å². The third kappa shape index (κ3) is 4.26. The summed E-state index contributed by atoms with van der Waals surface area (Å²) in [6, 6.07) is 13.4. The first-order valence-corrected chi connectivity index (χ1v) is 9.10. The van der Waals surface area contributed by atoms with Crippen LogP contribution in [0.1, 0.15) is 28.4 Å². The van der Waals surface area contributed by atoms with Gasteiger partial charge in [0.15, 0.2) is 0 Å². The molecule has 0 radical (unpaired) electrons. The minimum Gasteiger partial charge on any atom is -0.324 e. The molecule has 0 saturated heterocycles. The summed E-state index contributed by atoms with van der Waals surface area (Å²) >= 11 is 6.14. The van der Waals surface area contributed by atoms with Crippen LogP contribution in [0, 0.1) is 13.8 Å². The Morgan fingerprint density at radius 1 is 1.11 bits per heavy atom. The monoisotopic (exact) mass is 380 g/mol.